The van der Waals surface area contributed by atoms with Gasteiger partial charge in [0.05, 0.1) is 11.9 Å². The van der Waals surface area contributed by atoms with Gasteiger partial charge in [-0.2, -0.15) is 13.2 Å². The van der Waals surface area contributed by atoms with Crippen LogP contribution >= 0.6 is 0 Å². The van der Waals surface area contributed by atoms with Gasteiger partial charge in [-0.25, -0.2) is 9.78 Å². The lowest BCUT2D eigenvalue weighted by atomic mass is 10.1. The second kappa shape index (κ2) is 10.2. The first-order valence-electron chi connectivity index (χ1n) is 10.1. The van der Waals surface area contributed by atoms with Crippen molar-refractivity contribution in [3.05, 3.63) is 89.1 Å². The molecular formula is C24H22F3N3O3. The molecule has 9 heteroatoms. The Balaban J connectivity index is 1.70. The molecule has 3 amide bonds. The van der Waals surface area contributed by atoms with Gasteiger partial charge in [-0.15, -0.1) is 0 Å². The number of alkyl halides is 3. The highest BCUT2D eigenvalue weighted by atomic mass is 19.4. The number of urea groups is 1. The SMILES string of the molecule is CCc1ccccc1C(=O)NC(=O)Nc1cnc(OC(c2ccccc2)C(F)(F)F)c(C)c1. The standard InChI is InChI=1S/C24H22F3N3O3/c1-3-16-9-7-8-12-19(16)21(31)30-23(32)29-18-13-15(2)22(28-14-18)33-20(24(25,26)27)17-10-5-4-6-11-17/h4-14,20H,3H2,1-2H3,(H2,29,30,31,32). The number of carbonyl (C=O) groups excluding carboxylic acids is 2. The van der Waals surface area contributed by atoms with Crippen molar-refractivity contribution in [3.63, 3.8) is 0 Å². The summed E-state index contributed by atoms with van der Waals surface area (Å²) in [5, 5.41) is 4.68. The fraction of sp³-hybridized carbons (Fsp3) is 0.208. The van der Waals surface area contributed by atoms with Gasteiger partial charge in [-0.3, -0.25) is 10.1 Å². The minimum Gasteiger partial charge on any atom is -0.460 e. The Bertz CT molecular complexity index is 1130. The van der Waals surface area contributed by atoms with E-state index in [4.69, 9.17) is 4.74 Å². The van der Waals surface area contributed by atoms with E-state index in [1.165, 1.54) is 37.3 Å². The van der Waals surface area contributed by atoms with Crippen LogP contribution in [0.1, 0.15) is 40.1 Å². The smallest absolute Gasteiger partial charge is 0.429 e. The minimum absolute atomic E-state index is 0.0568. The second-order valence-electron chi connectivity index (χ2n) is 7.22. The first-order valence-corrected chi connectivity index (χ1v) is 10.1. The highest BCUT2D eigenvalue weighted by Crippen LogP contribution is 2.37. The molecule has 1 heterocycles. The molecule has 1 atom stereocenters. The average Bonchev–Trinajstić information content (AvgIpc) is 2.78. The lowest BCUT2D eigenvalue weighted by Crippen LogP contribution is -2.34. The number of hydrogen-bond donors (Lipinski definition) is 2. The summed E-state index contributed by atoms with van der Waals surface area (Å²) in [6.07, 6.45) is -5.06. The third-order valence-electron chi connectivity index (χ3n) is 4.79. The number of pyridine rings is 1. The van der Waals surface area contributed by atoms with Crippen LogP contribution in [-0.4, -0.2) is 23.1 Å². The normalized spacial score (nSPS) is 12.0. The van der Waals surface area contributed by atoms with E-state index in [-0.39, 0.29) is 22.7 Å². The number of ether oxygens (including phenoxy) is 1. The number of aromatic nitrogens is 1. The maximum absolute atomic E-state index is 13.5. The Kier molecular flexibility index (Phi) is 7.32. The summed E-state index contributed by atoms with van der Waals surface area (Å²) in [7, 11) is 0. The fourth-order valence-corrected chi connectivity index (χ4v) is 3.20. The van der Waals surface area contributed by atoms with Crippen molar-refractivity contribution in [1.82, 2.24) is 10.3 Å². The van der Waals surface area contributed by atoms with Crippen LogP contribution in [0, 0.1) is 6.92 Å². The Labute approximate surface area is 188 Å². The number of imide groups is 1. The summed E-state index contributed by atoms with van der Waals surface area (Å²) in [5.41, 5.74) is 1.59. The van der Waals surface area contributed by atoms with Gasteiger partial charge >= 0.3 is 12.2 Å². The van der Waals surface area contributed by atoms with Crippen LogP contribution < -0.4 is 15.4 Å². The van der Waals surface area contributed by atoms with Crippen molar-refractivity contribution in [2.45, 2.75) is 32.5 Å². The summed E-state index contributed by atoms with van der Waals surface area (Å²) in [5.74, 6) is -0.787. The molecule has 2 aromatic carbocycles. The third kappa shape index (κ3) is 6.09. The molecule has 0 aliphatic rings. The number of benzene rings is 2. The van der Waals surface area contributed by atoms with E-state index < -0.39 is 24.2 Å². The molecule has 0 saturated carbocycles. The number of hydrogen-bond acceptors (Lipinski definition) is 4. The van der Waals surface area contributed by atoms with E-state index in [0.717, 1.165) is 11.8 Å². The predicted molar refractivity (Wildman–Crippen MR) is 117 cm³/mol. The second-order valence-corrected chi connectivity index (χ2v) is 7.22. The molecule has 1 aromatic heterocycles. The lowest BCUT2D eigenvalue weighted by Gasteiger charge is -2.22. The van der Waals surface area contributed by atoms with Gasteiger partial charge in [0.25, 0.3) is 5.91 Å². The summed E-state index contributed by atoms with van der Waals surface area (Å²) < 4.78 is 45.8. The van der Waals surface area contributed by atoms with E-state index in [0.29, 0.717) is 12.0 Å². The van der Waals surface area contributed by atoms with Gasteiger partial charge in [-0.05, 0) is 31.0 Å². The van der Waals surface area contributed by atoms with E-state index >= 15 is 0 Å². The molecule has 33 heavy (non-hydrogen) atoms. The highest BCUT2D eigenvalue weighted by Gasteiger charge is 2.43. The van der Waals surface area contributed by atoms with Crippen molar-refractivity contribution in [2.75, 3.05) is 5.32 Å². The molecule has 0 aliphatic carbocycles. The van der Waals surface area contributed by atoms with Gasteiger partial charge in [0, 0.05) is 16.7 Å². The number of nitrogens with one attached hydrogen (secondary N) is 2. The van der Waals surface area contributed by atoms with Crippen molar-refractivity contribution < 1.29 is 27.5 Å². The molecule has 3 aromatic rings. The monoisotopic (exact) mass is 457 g/mol. The first kappa shape index (κ1) is 23.8. The van der Waals surface area contributed by atoms with Crippen molar-refractivity contribution in [3.8, 4) is 5.88 Å². The number of aryl methyl sites for hydroxylation is 2. The molecule has 3 rings (SSSR count). The van der Waals surface area contributed by atoms with Crippen molar-refractivity contribution >= 4 is 17.6 Å². The maximum atomic E-state index is 13.5. The van der Waals surface area contributed by atoms with Gasteiger partial charge in [-0.1, -0.05) is 55.5 Å². The number of amides is 3. The summed E-state index contributed by atoms with van der Waals surface area (Å²) in [6.45, 7) is 3.40. The van der Waals surface area contributed by atoms with Gasteiger partial charge in [0.2, 0.25) is 12.0 Å². The molecule has 1 unspecified atom stereocenters. The first-order chi connectivity index (χ1) is 15.7. The molecule has 0 radical (unpaired) electrons. The number of carbonyl (C=O) groups is 2. The van der Waals surface area contributed by atoms with Gasteiger partial charge in [0.1, 0.15) is 0 Å². The van der Waals surface area contributed by atoms with E-state index in [1.54, 1.807) is 30.3 Å². The van der Waals surface area contributed by atoms with Crippen LogP contribution in [0.25, 0.3) is 0 Å². The summed E-state index contributed by atoms with van der Waals surface area (Å²) in [6, 6.07) is 14.7. The Morgan fingerprint density at radius 2 is 1.73 bits per heavy atom. The largest absolute Gasteiger partial charge is 0.460 e. The predicted octanol–water partition coefficient (Wildman–Crippen LogP) is 5.60. The number of nitrogens with zero attached hydrogens (tertiary/aromatic N) is 1. The third-order valence-corrected chi connectivity index (χ3v) is 4.79. The molecule has 0 saturated heterocycles. The van der Waals surface area contributed by atoms with Gasteiger partial charge in [0.15, 0.2) is 0 Å². The fourth-order valence-electron chi connectivity index (χ4n) is 3.20. The van der Waals surface area contributed by atoms with E-state index in [9.17, 15) is 22.8 Å². The number of anilines is 1. The molecule has 6 nitrogen and oxygen atoms in total. The summed E-state index contributed by atoms with van der Waals surface area (Å²) in [4.78, 5) is 28.5. The Morgan fingerprint density at radius 3 is 2.36 bits per heavy atom. The minimum atomic E-state index is -4.65. The topological polar surface area (TPSA) is 80.3 Å². The van der Waals surface area contributed by atoms with Crippen LogP contribution in [0.4, 0.5) is 23.7 Å². The zero-order valence-electron chi connectivity index (χ0n) is 17.9. The average molecular weight is 457 g/mol. The quantitative estimate of drug-likeness (QED) is 0.505. The van der Waals surface area contributed by atoms with Crippen molar-refractivity contribution in [2.24, 2.45) is 0 Å². The lowest BCUT2D eigenvalue weighted by molar-refractivity contribution is -0.198. The molecule has 172 valence electrons. The highest BCUT2D eigenvalue weighted by molar-refractivity contribution is 6.08. The molecule has 0 fully saturated rings. The van der Waals surface area contributed by atoms with Crippen LogP contribution in [0.3, 0.4) is 0 Å². The zero-order valence-corrected chi connectivity index (χ0v) is 17.9. The number of halogens is 3. The van der Waals surface area contributed by atoms with Crippen LogP contribution in [0.5, 0.6) is 5.88 Å². The maximum Gasteiger partial charge on any atom is 0.429 e. The van der Waals surface area contributed by atoms with Gasteiger partial charge < -0.3 is 10.1 Å². The molecular weight excluding hydrogens is 435 g/mol. The van der Waals surface area contributed by atoms with Crippen LogP contribution in [0.2, 0.25) is 0 Å². The molecule has 0 aliphatic heterocycles. The summed E-state index contributed by atoms with van der Waals surface area (Å²) >= 11 is 0. The van der Waals surface area contributed by atoms with Crippen molar-refractivity contribution in [1.29, 1.82) is 0 Å². The van der Waals surface area contributed by atoms with Crippen LogP contribution in [-0.2, 0) is 6.42 Å². The van der Waals surface area contributed by atoms with Crippen LogP contribution in [0.15, 0.2) is 66.9 Å². The zero-order chi connectivity index (χ0) is 24.0. The molecule has 2 N–H and O–H groups in total. The molecule has 0 bridgehead atoms. The van der Waals surface area contributed by atoms with E-state index in [1.807, 2.05) is 6.92 Å². The number of rotatable bonds is 6. The molecule has 0 spiro atoms. The van der Waals surface area contributed by atoms with E-state index in [2.05, 4.69) is 15.6 Å². The Hall–Kier alpha value is -3.88. The Morgan fingerprint density at radius 1 is 1.06 bits per heavy atom.